The van der Waals surface area contributed by atoms with Gasteiger partial charge in [-0.3, -0.25) is 9.59 Å². The summed E-state index contributed by atoms with van der Waals surface area (Å²) in [7, 11) is 3.89. The smallest absolute Gasteiger partial charge is 0.295 e. The van der Waals surface area contributed by atoms with Crippen molar-refractivity contribution in [2.45, 2.75) is 19.6 Å². The van der Waals surface area contributed by atoms with Crippen molar-refractivity contribution in [3.63, 3.8) is 0 Å². The van der Waals surface area contributed by atoms with Crippen molar-refractivity contribution in [1.82, 2.24) is 15.5 Å². The molecule has 2 aromatic heterocycles. The van der Waals surface area contributed by atoms with Crippen molar-refractivity contribution in [1.29, 1.82) is 0 Å². The van der Waals surface area contributed by atoms with Crippen LogP contribution in [0.5, 0.6) is 0 Å². The fraction of sp³-hybridized carbons (Fsp3) is 0.161. The highest BCUT2D eigenvalue weighted by Crippen LogP contribution is 2.27. The van der Waals surface area contributed by atoms with E-state index >= 15 is 4.39 Å². The maximum Gasteiger partial charge on any atom is 0.295 e. The molecule has 2 heterocycles. The minimum atomic E-state index is -1.06. The monoisotopic (exact) mass is 554 g/mol. The highest BCUT2D eigenvalue weighted by atomic mass is 19.1. The van der Waals surface area contributed by atoms with E-state index in [9.17, 15) is 9.59 Å². The second-order valence-corrected chi connectivity index (χ2v) is 9.61. The number of aromatic nitrogens is 2. The lowest BCUT2D eigenvalue weighted by atomic mass is 10.1. The first kappa shape index (κ1) is 27.3. The van der Waals surface area contributed by atoms with Crippen LogP contribution in [0.25, 0.3) is 34.2 Å². The van der Waals surface area contributed by atoms with Gasteiger partial charge in [0.2, 0.25) is 5.82 Å². The first-order valence-corrected chi connectivity index (χ1v) is 12.8. The summed E-state index contributed by atoms with van der Waals surface area (Å²) in [5.74, 6) is -0.246. The Morgan fingerprint density at radius 3 is 2.44 bits per heavy atom. The summed E-state index contributed by atoms with van der Waals surface area (Å²) < 4.78 is 31.2. The Labute approximate surface area is 235 Å². The van der Waals surface area contributed by atoms with Crippen LogP contribution in [0.15, 0.2) is 87.8 Å². The van der Waals surface area contributed by atoms with Gasteiger partial charge in [0.25, 0.3) is 18.3 Å². The van der Waals surface area contributed by atoms with E-state index in [-0.39, 0.29) is 35.9 Å². The molecular weight excluding hydrogens is 527 g/mol. The summed E-state index contributed by atoms with van der Waals surface area (Å²) in [4.78, 5) is 30.3. The molecular formula is C31H27FN4O5. The number of carbonyl (C=O) groups is 2. The molecule has 0 aliphatic carbocycles. The molecule has 3 aromatic carbocycles. The van der Waals surface area contributed by atoms with E-state index in [0.717, 1.165) is 22.4 Å². The van der Waals surface area contributed by atoms with Crippen LogP contribution in [0.4, 0.5) is 10.1 Å². The topological polar surface area (TPSA) is 111 Å². The predicted octanol–water partition coefficient (Wildman–Crippen LogP) is 5.65. The highest BCUT2D eigenvalue weighted by Gasteiger charge is 2.20. The maximum atomic E-state index is 15.1. The molecule has 0 bridgehead atoms. The fourth-order valence-corrected chi connectivity index (χ4v) is 4.18. The van der Waals surface area contributed by atoms with E-state index in [1.165, 1.54) is 18.2 Å². The van der Waals surface area contributed by atoms with Crippen LogP contribution >= 0.6 is 0 Å². The average Bonchev–Trinajstić information content (AvgIpc) is 3.65. The molecule has 0 radical (unpaired) electrons. The Bertz CT molecular complexity index is 1660. The van der Waals surface area contributed by atoms with E-state index in [1.807, 2.05) is 74.4 Å². The average molecular weight is 555 g/mol. The van der Waals surface area contributed by atoms with Crippen molar-refractivity contribution in [2.75, 3.05) is 19.0 Å². The third-order valence-electron chi connectivity index (χ3n) is 6.43. The van der Waals surface area contributed by atoms with Crippen LogP contribution in [0, 0.1) is 12.7 Å². The zero-order valence-electron chi connectivity index (χ0n) is 22.6. The molecule has 9 nitrogen and oxygen atoms in total. The minimum absolute atomic E-state index is 0.0160. The Morgan fingerprint density at radius 2 is 1.76 bits per heavy atom. The van der Waals surface area contributed by atoms with E-state index in [2.05, 4.69) is 15.5 Å². The predicted molar refractivity (Wildman–Crippen MR) is 150 cm³/mol. The summed E-state index contributed by atoms with van der Waals surface area (Å²) in [6.45, 7) is 2.19. The van der Waals surface area contributed by atoms with Crippen LogP contribution in [0.3, 0.4) is 0 Å². The number of nitrogens with zero attached hydrogens (tertiary/aromatic N) is 3. The quantitative estimate of drug-likeness (QED) is 0.174. The molecule has 41 heavy (non-hydrogen) atoms. The summed E-state index contributed by atoms with van der Waals surface area (Å²) in [6, 6.07) is 22.8. The standard InChI is InChI=1S/C31H27FN4O5/c1-19-4-7-22(8-5-19)31-34-29(35-41-31)24-13-6-20(16-25(24)32)17-28(39-18-37)33-30(38)27-15-14-26(40-27)21-9-11-23(12-10-21)36(2)3/h4-16,18,28H,17H2,1-3H3,(H,33,38). The number of hydrogen-bond donors (Lipinski definition) is 1. The number of carbonyl (C=O) groups excluding carboxylic acids is 2. The molecule has 5 rings (SSSR count). The van der Waals surface area contributed by atoms with Gasteiger partial charge in [0, 0.05) is 37.3 Å². The SMILES string of the molecule is Cc1ccc(-c2nc(-c3ccc(CC(NC(=O)c4ccc(-c5ccc(N(C)C)cc5)o4)OC=O)cc3F)no2)cc1. The summed E-state index contributed by atoms with van der Waals surface area (Å²) in [6.07, 6.45) is -1.04. The Balaban J connectivity index is 1.26. The van der Waals surface area contributed by atoms with Crippen molar-refractivity contribution in [2.24, 2.45) is 0 Å². The van der Waals surface area contributed by atoms with Gasteiger partial charge in [0.15, 0.2) is 12.0 Å². The van der Waals surface area contributed by atoms with E-state index in [1.54, 1.807) is 12.1 Å². The fourth-order valence-electron chi connectivity index (χ4n) is 4.18. The number of hydrogen-bond acceptors (Lipinski definition) is 8. The number of benzene rings is 3. The Hall–Kier alpha value is -5.25. The normalized spacial score (nSPS) is 11.6. The number of ether oxygens (including phenoxy) is 1. The van der Waals surface area contributed by atoms with Gasteiger partial charge in [-0.25, -0.2) is 4.39 Å². The van der Waals surface area contributed by atoms with Crippen molar-refractivity contribution >= 4 is 18.1 Å². The molecule has 0 saturated heterocycles. The largest absolute Gasteiger partial charge is 0.451 e. The van der Waals surface area contributed by atoms with Gasteiger partial charge < -0.3 is 23.9 Å². The lowest BCUT2D eigenvalue weighted by molar-refractivity contribution is -0.134. The van der Waals surface area contributed by atoms with E-state index < -0.39 is 18.0 Å². The van der Waals surface area contributed by atoms with Crippen molar-refractivity contribution in [3.05, 3.63) is 102 Å². The van der Waals surface area contributed by atoms with Crippen LogP contribution in [-0.2, 0) is 16.0 Å². The molecule has 1 amide bonds. The number of amides is 1. The second-order valence-electron chi connectivity index (χ2n) is 9.61. The minimum Gasteiger partial charge on any atom is -0.451 e. The summed E-state index contributed by atoms with van der Waals surface area (Å²) in [5, 5.41) is 6.52. The second kappa shape index (κ2) is 11.9. The Morgan fingerprint density at radius 1 is 1.02 bits per heavy atom. The highest BCUT2D eigenvalue weighted by molar-refractivity contribution is 5.92. The van der Waals surface area contributed by atoms with Crippen molar-refractivity contribution in [3.8, 4) is 34.2 Å². The van der Waals surface area contributed by atoms with Gasteiger partial charge in [0.05, 0.1) is 5.56 Å². The lowest BCUT2D eigenvalue weighted by Gasteiger charge is -2.16. The van der Waals surface area contributed by atoms with Crippen molar-refractivity contribution < 1.29 is 27.7 Å². The van der Waals surface area contributed by atoms with Gasteiger partial charge >= 0.3 is 0 Å². The molecule has 0 spiro atoms. The molecule has 1 unspecified atom stereocenters. The third kappa shape index (κ3) is 6.33. The van der Waals surface area contributed by atoms with Crippen LogP contribution < -0.4 is 10.2 Å². The van der Waals surface area contributed by atoms with Crippen LogP contribution in [-0.4, -0.2) is 42.8 Å². The maximum absolute atomic E-state index is 15.1. The zero-order chi connectivity index (χ0) is 28.9. The number of rotatable bonds is 10. The number of furan rings is 1. The van der Waals surface area contributed by atoms with Crippen LogP contribution in [0.2, 0.25) is 0 Å². The molecule has 0 aliphatic heterocycles. The van der Waals surface area contributed by atoms with Gasteiger partial charge in [-0.2, -0.15) is 4.98 Å². The summed E-state index contributed by atoms with van der Waals surface area (Å²) >= 11 is 0. The van der Waals surface area contributed by atoms with Gasteiger partial charge in [-0.1, -0.05) is 28.9 Å². The van der Waals surface area contributed by atoms with Gasteiger partial charge in [0.1, 0.15) is 11.6 Å². The Kier molecular flexibility index (Phi) is 7.91. The molecule has 0 aliphatic rings. The number of nitrogens with one attached hydrogen (secondary N) is 1. The lowest BCUT2D eigenvalue weighted by Crippen LogP contribution is -2.38. The summed E-state index contributed by atoms with van der Waals surface area (Å²) in [5.41, 5.74) is 4.26. The molecule has 1 atom stereocenters. The molecule has 0 saturated carbocycles. The molecule has 5 aromatic rings. The molecule has 208 valence electrons. The number of halogens is 1. The first-order valence-electron chi connectivity index (χ1n) is 12.8. The van der Waals surface area contributed by atoms with Crippen LogP contribution in [0.1, 0.15) is 21.7 Å². The first-order chi connectivity index (χ1) is 19.8. The van der Waals surface area contributed by atoms with Gasteiger partial charge in [-0.05, 0) is 73.2 Å². The number of aryl methyl sites for hydroxylation is 1. The molecule has 0 fully saturated rings. The van der Waals surface area contributed by atoms with Gasteiger partial charge in [-0.15, -0.1) is 0 Å². The number of anilines is 1. The zero-order valence-corrected chi connectivity index (χ0v) is 22.6. The molecule has 1 N–H and O–H groups in total. The molecule has 10 heteroatoms. The van der Waals surface area contributed by atoms with E-state index in [4.69, 9.17) is 13.7 Å². The third-order valence-corrected chi connectivity index (χ3v) is 6.43. The van der Waals surface area contributed by atoms with E-state index in [0.29, 0.717) is 11.3 Å².